The van der Waals surface area contributed by atoms with E-state index in [9.17, 15) is 18.7 Å². The Balaban J connectivity index is 1.82. The zero-order valence-corrected chi connectivity index (χ0v) is 9.83. The Morgan fingerprint density at radius 3 is 2.78 bits per heavy atom. The predicted molar refractivity (Wildman–Crippen MR) is 61.8 cm³/mol. The Bertz CT molecular complexity index is 447. The Morgan fingerprint density at radius 2 is 2.17 bits per heavy atom. The van der Waals surface area contributed by atoms with E-state index in [1.54, 1.807) is 0 Å². The molecule has 0 radical (unpaired) electrons. The third-order valence-electron chi connectivity index (χ3n) is 3.04. The lowest BCUT2D eigenvalue weighted by Crippen LogP contribution is -2.34. The van der Waals surface area contributed by atoms with Crippen LogP contribution in [0.5, 0.6) is 0 Å². The van der Waals surface area contributed by atoms with Gasteiger partial charge in [-0.3, -0.25) is 4.79 Å². The number of amides is 1. The van der Waals surface area contributed by atoms with Crippen molar-refractivity contribution in [2.45, 2.75) is 25.4 Å². The molecule has 2 rings (SSSR count). The summed E-state index contributed by atoms with van der Waals surface area (Å²) in [5.74, 6) is -1.48. The lowest BCUT2D eigenvalue weighted by Gasteiger charge is -2.10. The van der Waals surface area contributed by atoms with Crippen molar-refractivity contribution in [3.8, 4) is 0 Å². The van der Waals surface area contributed by atoms with Crippen molar-refractivity contribution in [1.29, 1.82) is 0 Å². The van der Waals surface area contributed by atoms with Gasteiger partial charge in [0.05, 0.1) is 12.5 Å². The van der Waals surface area contributed by atoms with Gasteiger partial charge < -0.3 is 10.4 Å². The fourth-order valence-electron chi connectivity index (χ4n) is 1.77. The van der Waals surface area contributed by atoms with Crippen LogP contribution in [-0.2, 0) is 11.2 Å². The molecule has 18 heavy (non-hydrogen) atoms. The smallest absolute Gasteiger partial charge is 0.224 e. The van der Waals surface area contributed by atoms with Gasteiger partial charge in [-0.1, -0.05) is 6.07 Å². The zero-order chi connectivity index (χ0) is 13.1. The molecular weight excluding hydrogens is 240 g/mol. The van der Waals surface area contributed by atoms with Gasteiger partial charge in [0, 0.05) is 12.6 Å². The van der Waals surface area contributed by atoms with E-state index in [4.69, 9.17) is 0 Å². The van der Waals surface area contributed by atoms with Gasteiger partial charge in [-0.25, -0.2) is 8.78 Å². The summed E-state index contributed by atoms with van der Waals surface area (Å²) in [6.07, 6.45) is 1.31. The van der Waals surface area contributed by atoms with Crippen molar-refractivity contribution in [2.75, 3.05) is 6.54 Å². The van der Waals surface area contributed by atoms with E-state index in [2.05, 4.69) is 5.32 Å². The first-order valence-electron chi connectivity index (χ1n) is 5.95. The van der Waals surface area contributed by atoms with Gasteiger partial charge in [0.2, 0.25) is 5.91 Å². The number of hydrogen-bond donors (Lipinski definition) is 2. The highest BCUT2D eigenvalue weighted by Crippen LogP contribution is 2.32. The molecule has 2 N–H and O–H groups in total. The van der Waals surface area contributed by atoms with Crippen LogP contribution in [0.4, 0.5) is 8.78 Å². The predicted octanol–water partition coefficient (Wildman–Crippen LogP) is 1.39. The van der Waals surface area contributed by atoms with Crippen LogP contribution < -0.4 is 5.32 Å². The SMILES string of the molecule is O=C(Cc1ccc(F)cc1F)NCC(O)C1CC1. The Kier molecular flexibility index (Phi) is 3.91. The zero-order valence-electron chi connectivity index (χ0n) is 9.83. The summed E-state index contributed by atoms with van der Waals surface area (Å²) in [6.45, 7) is 0.187. The highest BCUT2D eigenvalue weighted by molar-refractivity contribution is 5.78. The molecule has 1 fully saturated rings. The maximum absolute atomic E-state index is 13.3. The van der Waals surface area contributed by atoms with Crippen LogP contribution in [0, 0.1) is 17.6 Å². The van der Waals surface area contributed by atoms with Gasteiger partial charge in [-0.2, -0.15) is 0 Å². The van der Waals surface area contributed by atoms with Gasteiger partial charge in [0.15, 0.2) is 0 Å². The summed E-state index contributed by atoms with van der Waals surface area (Å²) in [5, 5.41) is 12.1. The van der Waals surface area contributed by atoms with Crippen molar-refractivity contribution in [3.05, 3.63) is 35.4 Å². The number of hydrogen-bond acceptors (Lipinski definition) is 2. The van der Waals surface area contributed by atoms with E-state index in [1.165, 1.54) is 6.07 Å². The largest absolute Gasteiger partial charge is 0.391 e. The average molecular weight is 255 g/mol. The number of halogens is 2. The Morgan fingerprint density at radius 1 is 1.44 bits per heavy atom. The van der Waals surface area contributed by atoms with E-state index in [0.29, 0.717) is 0 Å². The number of carbonyl (C=O) groups is 1. The lowest BCUT2D eigenvalue weighted by atomic mass is 10.1. The molecular formula is C13H15F2NO2. The summed E-state index contributed by atoms with van der Waals surface area (Å²) >= 11 is 0. The van der Waals surface area contributed by atoms with Crippen molar-refractivity contribution in [1.82, 2.24) is 5.32 Å². The molecule has 98 valence electrons. The first-order valence-corrected chi connectivity index (χ1v) is 5.95. The summed E-state index contributed by atoms with van der Waals surface area (Å²) in [5.41, 5.74) is 0.148. The number of nitrogens with one attached hydrogen (secondary N) is 1. The minimum absolute atomic E-state index is 0.148. The lowest BCUT2D eigenvalue weighted by molar-refractivity contribution is -0.121. The second-order valence-corrected chi connectivity index (χ2v) is 4.62. The number of rotatable bonds is 5. The molecule has 0 saturated heterocycles. The molecule has 0 aliphatic heterocycles. The summed E-state index contributed by atoms with van der Waals surface area (Å²) in [7, 11) is 0. The van der Waals surface area contributed by atoms with E-state index < -0.39 is 17.7 Å². The molecule has 1 unspecified atom stereocenters. The van der Waals surface area contributed by atoms with Gasteiger partial charge in [-0.15, -0.1) is 0 Å². The van der Waals surface area contributed by atoms with Crippen LogP contribution in [0.25, 0.3) is 0 Å². The molecule has 1 aromatic rings. The molecule has 0 spiro atoms. The quantitative estimate of drug-likeness (QED) is 0.835. The van der Waals surface area contributed by atoms with Crippen molar-refractivity contribution in [2.24, 2.45) is 5.92 Å². The Hall–Kier alpha value is -1.49. The molecule has 0 bridgehead atoms. The molecule has 0 aromatic heterocycles. The van der Waals surface area contributed by atoms with E-state index in [1.807, 2.05) is 0 Å². The average Bonchev–Trinajstić information content (AvgIpc) is 3.14. The normalized spacial score (nSPS) is 16.4. The maximum Gasteiger partial charge on any atom is 0.224 e. The summed E-state index contributed by atoms with van der Waals surface area (Å²) in [4.78, 5) is 11.5. The minimum Gasteiger partial charge on any atom is -0.391 e. The fraction of sp³-hybridized carbons (Fsp3) is 0.462. The monoisotopic (exact) mass is 255 g/mol. The molecule has 5 heteroatoms. The first-order chi connectivity index (χ1) is 8.56. The van der Waals surface area contributed by atoms with Crippen LogP contribution >= 0.6 is 0 Å². The number of carbonyl (C=O) groups excluding carboxylic acids is 1. The van der Waals surface area contributed by atoms with Crippen LogP contribution in [0.15, 0.2) is 18.2 Å². The second-order valence-electron chi connectivity index (χ2n) is 4.62. The van der Waals surface area contributed by atoms with E-state index in [0.717, 1.165) is 25.0 Å². The van der Waals surface area contributed by atoms with Crippen LogP contribution in [0.3, 0.4) is 0 Å². The third-order valence-corrected chi connectivity index (χ3v) is 3.04. The number of aliphatic hydroxyl groups excluding tert-OH is 1. The maximum atomic E-state index is 13.3. The molecule has 1 saturated carbocycles. The molecule has 1 aliphatic carbocycles. The van der Waals surface area contributed by atoms with Crippen LogP contribution in [-0.4, -0.2) is 23.7 Å². The van der Waals surface area contributed by atoms with Gasteiger partial charge >= 0.3 is 0 Å². The first kappa shape index (κ1) is 13.0. The molecule has 1 aliphatic rings. The third kappa shape index (κ3) is 3.50. The minimum atomic E-state index is -0.729. The molecule has 1 amide bonds. The number of benzene rings is 1. The van der Waals surface area contributed by atoms with Gasteiger partial charge in [0.1, 0.15) is 11.6 Å². The number of aliphatic hydroxyl groups is 1. The summed E-state index contributed by atoms with van der Waals surface area (Å²) in [6, 6.07) is 3.12. The van der Waals surface area contributed by atoms with Crippen molar-refractivity contribution < 1.29 is 18.7 Å². The van der Waals surface area contributed by atoms with Crippen molar-refractivity contribution in [3.63, 3.8) is 0 Å². The van der Waals surface area contributed by atoms with E-state index in [-0.39, 0.29) is 30.4 Å². The molecule has 3 nitrogen and oxygen atoms in total. The van der Waals surface area contributed by atoms with E-state index >= 15 is 0 Å². The van der Waals surface area contributed by atoms with Crippen molar-refractivity contribution >= 4 is 5.91 Å². The molecule has 0 heterocycles. The van der Waals surface area contributed by atoms with Crippen LogP contribution in [0.2, 0.25) is 0 Å². The second kappa shape index (κ2) is 5.44. The highest BCUT2D eigenvalue weighted by Gasteiger charge is 2.29. The Labute approximate surface area is 104 Å². The fourth-order valence-corrected chi connectivity index (χ4v) is 1.77. The standard InChI is InChI=1S/C13H15F2NO2/c14-10-4-3-9(11(15)6-10)5-13(18)16-7-12(17)8-1-2-8/h3-4,6,8,12,17H,1-2,5,7H2,(H,16,18). The van der Waals surface area contributed by atoms with Crippen LogP contribution in [0.1, 0.15) is 18.4 Å². The molecule has 1 atom stereocenters. The molecule has 1 aromatic carbocycles. The van der Waals surface area contributed by atoms with Gasteiger partial charge in [-0.05, 0) is 30.4 Å². The summed E-state index contributed by atoms with van der Waals surface area (Å²) < 4.78 is 25.9. The topological polar surface area (TPSA) is 49.3 Å². The highest BCUT2D eigenvalue weighted by atomic mass is 19.1. The van der Waals surface area contributed by atoms with Gasteiger partial charge in [0.25, 0.3) is 0 Å².